The minimum atomic E-state index is -0.933. The van der Waals surface area contributed by atoms with Crippen molar-refractivity contribution in [2.24, 2.45) is 0 Å². The SMILES string of the molecule is COC(=O)C(=O)c1c[nH]c2cc(Cl)cc(Cl)c12. The third kappa shape index (κ3) is 2.01. The Hall–Kier alpha value is -1.52. The highest BCUT2D eigenvalue weighted by Crippen LogP contribution is 2.30. The van der Waals surface area contributed by atoms with E-state index >= 15 is 0 Å². The molecule has 0 unspecified atom stereocenters. The molecule has 0 saturated carbocycles. The van der Waals surface area contributed by atoms with Crippen LogP contribution in [-0.2, 0) is 9.53 Å². The molecular weight excluding hydrogens is 265 g/mol. The summed E-state index contributed by atoms with van der Waals surface area (Å²) >= 11 is 11.8. The number of carbonyl (C=O) groups is 2. The Morgan fingerprint density at radius 1 is 1.29 bits per heavy atom. The van der Waals surface area contributed by atoms with Gasteiger partial charge in [0.1, 0.15) is 0 Å². The van der Waals surface area contributed by atoms with Gasteiger partial charge in [-0.1, -0.05) is 23.2 Å². The summed E-state index contributed by atoms with van der Waals surface area (Å²) < 4.78 is 4.38. The molecule has 0 aliphatic rings. The van der Waals surface area contributed by atoms with Crippen LogP contribution in [-0.4, -0.2) is 23.8 Å². The van der Waals surface area contributed by atoms with Gasteiger partial charge < -0.3 is 9.72 Å². The van der Waals surface area contributed by atoms with E-state index in [-0.39, 0.29) is 5.56 Å². The monoisotopic (exact) mass is 271 g/mol. The van der Waals surface area contributed by atoms with Gasteiger partial charge in [-0.15, -0.1) is 0 Å². The number of rotatable bonds is 2. The topological polar surface area (TPSA) is 59.2 Å². The first-order valence-corrected chi connectivity index (χ1v) is 5.39. The number of methoxy groups -OCH3 is 1. The number of fused-ring (bicyclic) bond motifs is 1. The van der Waals surface area contributed by atoms with Crippen molar-refractivity contribution in [2.75, 3.05) is 7.11 Å². The molecule has 0 bridgehead atoms. The minimum absolute atomic E-state index is 0.175. The quantitative estimate of drug-likeness (QED) is 0.519. The molecule has 0 aliphatic heterocycles. The van der Waals surface area contributed by atoms with Crippen LogP contribution in [0.25, 0.3) is 10.9 Å². The van der Waals surface area contributed by atoms with Crippen molar-refractivity contribution in [1.29, 1.82) is 0 Å². The first-order valence-electron chi connectivity index (χ1n) is 4.63. The zero-order valence-corrected chi connectivity index (χ0v) is 10.2. The van der Waals surface area contributed by atoms with E-state index in [1.54, 1.807) is 6.07 Å². The van der Waals surface area contributed by atoms with Gasteiger partial charge in [-0.2, -0.15) is 0 Å². The fourth-order valence-corrected chi connectivity index (χ4v) is 2.16. The Morgan fingerprint density at radius 2 is 2.00 bits per heavy atom. The van der Waals surface area contributed by atoms with Gasteiger partial charge in [0, 0.05) is 22.1 Å². The average molecular weight is 272 g/mol. The molecule has 0 atom stereocenters. The molecule has 0 aliphatic carbocycles. The van der Waals surface area contributed by atoms with Crippen molar-refractivity contribution in [3.63, 3.8) is 0 Å². The van der Waals surface area contributed by atoms with Crippen LogP contribution in [0, 0.1) is 0 Å². The Morgan fingerprint density at radius 3 is 2.65 bits per heavy atom. The lowest BCUT2D eigenvalue weighted by atomic mass is 10.1. The molecule has 88 valence electrons. The van der Waals surface area contributed by atoms with Gasteiger partial charge in [0.2, 0.25) is 0 Å². The van der Waals surface area contributed by atoms with E-state index in [9.17, 15) is 9.59 Å². The predicted molar refractivity (Wildman–Crippen MR) is 64.7 cm³/mol. The molecule has 1 N–H and O–H groups in total. The maximum absolute atomic E-state index is 11.7. The number of benzene rings is 1. The Balaban J connectivity index is 2.64. The predicted octanol–water partition coefficient (Wildman–Crippen LogP) is 2.83. The Kier molecular flexibility index (Phi) is 3.09. The van der Waals surface area contributed by atoms with Gasteiger partial charge in [-0.05, 0) is 12.1 Å². The molecule has 0 spiro atoms. The van der Waals surface area contributed by atoms with Crippen LogP contribution in [0.5, 0.6) is 0 Å². The lowest BCUT2D eigenvalue weighted by molar-refractivity contribution is -0.135. The van der Waals surface area contributed by atoms with Crippen molar-refractivity contribution >= 4 is 45.9 Å². The number of aromatic nitrogens is 1. The molecule has 0 fully saturated rings. The zero-order valence-electron chi connectivity index (χ0n) is 8.71. The molecule has 1 aromatic heterocycles. The fraction of sp³-hybridized carbons (Fsp3) is 0.0909. The van der Waals surface area contributed by atoms with Gasteiger partial charge >= 0.3 is 5.97 Å². The van der Waals surface area contributed by atoms with Crippen molar-refractivity contribution in [3.05, 3.63) is 33.9 Å². The van der Waals surface area contributed by atoms with Gasteiger partial charge in [0.25, 0.3) is 5.78 Å². The maximum atomic E-state index is 11.7. The molecule has 1 aromatic carbocycles. The van der Waals surface area contributed by atoms with Crippen LogP contribution in [0.2, 0.25) is 10.0 Å². The second-order valence-corrected chi connectivity index (χ2v) is 4.18. The van der Waals surface area contributed by atoms with Crippen LogP contribution in [0.4, 0.5) is 0 Å². The van der Waals surface area contributed by atoms with Crippen LogP contribution in [0.15, 0.2) is 18.3 Å². The molecule has 2 aromatic rings. The van der Waals surface area contributed by atoms with Crippen LogP contribution >= 0.6 is 23.2 Å². The number of ether oxygens (including phenoxy) is 1. The van der Waals surface area contributed by atoms with Crippen molar-refractivity contribution in [2.45, 2.75) is 0 Å². The molecule has 1 heterocycles. The van der Waals surface area contributed by atoms with Crippen molar-refractivity contribution in [1.82, 2.24) is 4.98 Å². The number of H-pyrrole nitrogens is 1. The lowest BCUT2D eigenvalue weighted by Gasteiger charge is -2.00. The van der Waals surface area contributed by atoms with Crippen LogP contribution < -0.4 is 0 Å². The normalized spacial score (nSPS) is 10.5. The fourth-order valence-electron chi connectivity index (χ4n) is 1.56. The summed E-state index contributed by atoms with van der Waals surface area (Å²) in [6, 6.07) is 3.13. The maximum Gasteiger partial charge on any atom is 0.379 e. The van der Waals surface area contributed by atoms with E-state index in [1.807, 2.05) is 0 Å². The highest BCUT2D eigenvalue weighted by Gasteiger charge is 2.22. The third-order valence-corrected chi connectivity index (χ3v) is 2.83. The second-order valence-electron chi connectivity index (χ2n) is 3.33. The number of carbonyl (C=O) groups excluding carboxylic acids is 2. The van der Waals surface area contributed by atoms with Gasteiger partial charge in [-0.3, -0.25) is 4.79 Å². The molecule has 6 heteroatoms. The molecule has 0 radical (unpaired) electrons. The number of halogens is 2. The van der Waals surface area contributed by atoms with E-state index in [0.717, 1.165) is 7.11 Å². The molecular formula is C11H7Cl2NO3. The highest BCUT2D eigenvalue weighted by atomic mass is 35.5. The molecule has 17 heavy (non-hydrogen) atoms. The van der Waals surface area contributed by atoms with Gasteiger partial charge in [0.05, 0.1) is 17.7 Å². The number of hydrogen-bond acceptors (Lipinski definition) is 3. The van der Waals surface area contributed by atoms with E-state index < -0.39 is 11.8 Å². The largest absolute Gasteiger partial charge is 0.463 e. The van der Waals surface area contributed by atoms with E-state index in [4.69, 9.17) is 23.2 Å². The molecule has 4 nitrogen and oxygen atoms in total. The standard InChI is InChI=1S/C11H7Cl2NO3/c1-17-11(16)10(15)6-4-14-8-3-5(12)2-7(13)9(6)8/h2-4,14H,1H3. The Bertz CT molecular complexity index is 618. The summed E-state index contributed by atoms with van der Waals surface area (Å²) in [5.74, 6) is -1.68. The number of nitrogens with one attached hydrogen (secondary N) is 1. The summed E-state index contributed by atoms with van der Waals surface area (Å²) in [7, 11) is 1.15. The lowest BCUT2D eigenvalue weighted by Crippen LogP contribution is -2.15. The summed E-state index contributed by atoms with van der Waals surface area (Å²) in [6.45, 7) is 0. The van der Waals surface area contributed by atoms with E-state index in [0.29, 0.717) is 20.9 Å². The van der Waals surface area contributed by atoms with Crippen molar-refractivity contribution in [3.8, 4) is 0 Å². The average Bonchev–Trinajstić information content (AvgIpc) is 2.70. The molecule has 0 saturated heterocycles. The van der Waals surface area contributed by atoms with Gasteiger partial charge in [0.15, 0.2) is 0 Å². The zero-order chi connectivity index (χ0) is 12.6. The number of ketones is 1. The Labute approximate surface area is 106 Å². The molecule has 2 rings (SSSR count). The second kappa shape index (κ2) is 4.39. The van der Waals surface area contributed by atoms with Crippen LogP contribution in [0.3, 0.4) is 0 Å². The summed E-state index contributed by atoms with van der Waals surface area (Å²) in [5, 5.41) is 1.22. The summed E-state index contributed by atoms with van der Waals surface area (Å²) in [6.07, 6.45) is 1.41. The first-order chi connectivity index (χ1) is 8.04. The number of aromatic amines is 1. The first kappa shape index (κ1) is 12.0. The van der Waals surface area contributed by atoms with E-state index in [1.165, 1.54) is 12.3 Å². The summed E-state index contributed by atoms with van der Waals surface area (Å²) in [4.78, 5) is 25.7. The number of esters is 1. The summed E-state index contributed by atoms with van der Waals surface area (Å²) in [5.41, 5.74) is 0.767. The van der Waals surface area contributed by atoms with Crippen LogP contribution in [0.1, 0.15) is 10.4 Å². The third-order valence-electron chi connectivity index (χ3n) is 2.31. The van der Waals surface area contributed by atoms with E-state index in [2.05, 4.69) is 9.72 Å². The number of hydrogen-bond donors (Lipinski definition) is 1. The van der Waals surface area contributed by atoms with Gasteiger partial charge in [-0.25, -0.2) is 4.79 Å². The molecule has 0 amide bonds. The number of Topliss-reactive ketones (excluding diaryl/α,β-unsaturated/α-hetero) is 1. The van der Waals surface area contributed by atoms with Crippen molar-refractivity contribution < 1.29 is 14.3 Å². The smallest absolute Gasteiger partial charge is 0.379 e. The highest BCUT2D eigenvalue weighted by molar-refractivity contribution is 6.46. The minimum Gasteiger partial charge on any atom is -0.463 e.